The van der Waals surface area contributed by atoms with E-state index in [9.17, 15) is 0 Å². The van der Waals surface area contributed by atoms with E-state index in [4.69, 9.17) is 33.8 Å². The van der Waals surface area contributed by atoms with Gasteiger partial charge >= 0.3 is 0 Å². The summed E-state index contributed by atoms with van der Waals surface area (Å²) in [5.41, 5.74) is 4.69. The minimum absolute atomic E-state index is 0.190. The molecule has 0 saturated heterocycles. The summed E-state index contributed by atoms with van der Waals surface area (Å²) >= 11 is 11.9. The quantitative estimate of drug-likeness (QED) is 0.670. The molecule has 0 heterocycles. The first-order valence-corrected chi connectivity index (χ1v) is 6.46. The Morgan fingerprint density at radius 3 is 2.26 bits per heavy atom. The predicted octanol–water partition coefficient (Wildman–Crippen LogP) is 3.55. The lowest BCUT2D eigenvalue weighted by Gasteiger charge is -2.19. The molecule has 0 spiro atoms. The number of hydrogen-bond acceptors (Lipinski definition) is 3. The highest BCUT2D eigenvalue weighted by molar-refractivity contribution is 6.31. The van der Waals surface area contributed by atoms with Crippen LogP contribution in [0.2, 0.25) is 10.0 Å². The second-order valence-corrected chi connectivity index (χ2v) is 4.91. The first-order chi connectivity index (χ1) is 9.15. The van der Waals surface area contributed by atoms with E-state index >= 15 is 0 Å². The summed E-state index contributed by atoms with van der Waals surface area (Å²) in [5, 5.41) is 1.30. The molecule has 0 radical (unpaired) electrons. The van der Waals surface area contributed by atoms with Crippen LogP contribution in [-0.4, -0.2) is 7.11 Å². The molecule has 3 N–H and O–H groups in total. The number of ether oxygens (including phenoxy) is 1. The van der Waals surface area contributed by atoms with Crippen LogP contribution < -0.4 is 16.0 Å². The van der Waals surface area contributed by atoms with Crippen LogP contribution in [0.3, 0.4) is 0 Å². The van der Waals surface area contributed by atoms with Crippen molar-refractivity contribution >= 4 is 23.2 Å². The van der Waals surface area contributed by atoms with Crippen LogP contribution in [-0.2, 0) is 0 Å². The van der Waals surface area contributed by atoms with Gasteiger partial charge in [-0.25, -0.2) is 5.43 Å². The third-order valence-electron chi connectivity index (χ3n) is 2.88. The van der Waals surface area contributed by atoms with Gasteiger partial charge in [0.05, 0.1) is 13.2 Å². The van der Waals surface area contributed by atoms with E-state index in [0.717, 1.165) is 11.1 Å². The smallest absolute Gasteiger partial charge is 0.125 e. The SMILES string of the molecule is COc1cc(Cl)ccc1C(NN)c1ccc(Cl)cc1. The van der Waals surface area contributed by atoms with Crippen molar-refractivity contribution in [1.29, 1.82) is 0 Å². The fraction of sp³-hybridized carbons (Fsp3) is 0.143. The average Bonchev–Trinajstić information content (AvgIpc) is 2.43. The lowest BCUT2D eigenvalue weighted by Crippen LogP contribution is -2.29. The molecule has 0 aliphatic rings. The van der Waals surface area contributed by atoms with Gasteiger partial charge in [0.25, 0.3) is 0 Å². The minimum atomic E-state index is -0.190. The van der Waals surface area contributed by atoms with Crippen LogP contribution in [0, 0.1) is 0 Å². The van der Waals surface area contributed by atoms with E-state index < -0.39 is 0 Å². The molecule has 0 fully saturated rings. The van der Waals surface area contributed by atoms with E-state index in [-0.39, 0.29) is 6.04 Å². The molecule has 0 saturated carbocycles. The molecule has 2 aromatic carbocycles. The zero-order chi connectivity index (χ0) is 13.8. The lowest BCUT2D eigenvalue weighted by atomic mass is 9.98. The number of methoxy groups -OCH3 is 1. The summed E-state index contributed by atoms with van der Waals surface area (Å²) in [4.78, 5) is 0. The van der Waals surface area contributed by atoms with Crippen molar-refractivity contribution in [1.82, 2.24) is 5.43 Å². The normalized spacial score (nSPS) is 12.2. The minimum Gasteiger partial charge on any atom is -0.496 e. The van der Waals surface area contributed by atoms with Crippen LogP contribution >= 0.6 is 23.2 Å². The van der Waals surface area contributed by atoms with Crippen molar-refractivity contribution in [2.45, 2.75) is 6.04 Å². The van der Waals surface area contributed by atoms with Crippen molar-refractivity contribution in [2.75, 3.05) is 7.11 Å². The van der Waals surface area contributed by atoms with E-state index in [1.54, 1.807) is 19.2 Å². The van der Waals surface area contributed by atoms with Crippen LogP contribution in [0.15, 0.2) is 42.5 Å². The molecule has 1 atom stereocenters. The van der Waals surface area contributed by atoms with Gasteiger partial charge in [0.1, 0.15) is 5.75 Å². The maximum Gasteiger partial charge on any atom is 0.125 e. The third-order valence-corrected chi connectivity index (χ3v) is 3.36. The Balaban J connectivity index is 2.44. The first kappa shape index (κ1) is 14.2. The summed E-state index contributed by atoms with van der Waals surface area (Å²) in [6, 6.07) is 12.7. The second kappa shape index (κ2) is 6.26. The average molecular weight is 297 g/mol. The van der Waals surface area contributed by atoms with Crippen molar-refractivity contribution in [3.63, 3.8) is 0 Å². The Bertz CT molecular complexity index is 558. The number of benzene rings is 2. The molecule has 100 valence electrons. The number of hydrazine groups is 1. The van der Waals surface area contributed by atoms with Crippen LogP contribution in [0.4, 0.5) is 0 Å². The maximum absolute atomic E-state index is 5.96. The Morgan fingerprint density at radius 1 is 1.05 bits per heavy atom. The summed E-state index contributed by atoms with van der Waals surface area (Å²) in [6.07, 6.45) is 0. The Hall–Kier alpha value is -1.26. The molecule has 0 amide bonds. The van der Waals surface area contributed by atoms with Gasteiger partial charge in [0.15, 0.2) is 0 Å². The van der Waals surface area contributed by atoms with E-state index in [2.05, 4.69) is 5.43 Å². The topological polar surface area (TPSA) is 47.3 Å². The number of rotatable bonds is 4. The standard InChI is InChI=1S/C14H14Cl2N2O/c1-19-13-8-11(16)6-7-12(13)14(18-17)9-2-4-10(15)5-3-9/h2-8,14,18H,17H2,1H3. The summed E-state index contributed by atoms with van der Waals surface area (Å²) in [7, 11) is 1.60. The number of nitrogens with one attached hydrogen (secondary N) is 1. The van der Waals surface area contributed by atoms with E-state index in [0.29, 0.717) is 15.8 Å². The summed E-state index contributed by atoms with van der Waals surface area (Å²) in [6.45, 7) is 0. The molecule has 0 aliphatic carbocycles. The lowest BCUT2D eigenvalue weighted by molar-refractivity contribution is 0.404. The Morgan fingerprint density at radius 2 is 1.68 bits per heavy atom. The molecule has 0 bridgehead atoms. The molecular formula is C14H14Cl2N2O. The molecule has 2 aromatic rings. The molecule has 1 unspecified atom stereocenters. The van der Waals surface area contributed by atoms with Gasteiger partial charge < -0.3 is 4.74 Å². The van der Waals surface area contributed by atoms with Crippen molar-refractivity contribution in [2.24, 2.45) is 5.84 Å². The van der Waals surface area contributed by atoms with Crippen molar-refractivity contribution < 1.29 is 4.74 Å². The molecule has 0 aliphatic heterocycles. The second-order valence-electron chi connectivity index (χ2n) is 4.04. The fourth-order valence-electron chi connectivity index (χ4n) is 1.94. The van der Waals surface area contributed by atoms with Gasteiger partial charge in [-0.3, -0.25) is 5.84 Å². The third kappa shape index (κ3) is 3.19. The Kier molecular flexibility index (Phi) is 4.66. The van der Waals surface area contributed by atoms with Crippen LogP contribution in [0.5, 0.6) is 5.75 Å². The molecule has 0 aromatic heterocycles. The van der Waals surface area contributed by atoms with Gasteiger partial charge in [0, 0.05) is 15.6 Å². The molecule has 3 nitrogen and oxygen atoms in total. The zero-order valence-corrected chi connectivity index (χ0v) is 11.9. The molecular weight excluding hydrogens is 283 g/mol. The largest absolute Gasteiger partial charge is 0.496 e. The zero-order valence-electron chi connectivity index (χ0n) is 10.4. The van der Waals surface area contributed by atoms with Crippen molar-refractivity contribution in [3.05, 3.63) is 63.6 Å². The monoisotopic (exact) mass is 296 g/mol. The number of halogens is 2. The van der Waals surface area contributed by atoms with Gasteiger partial charge in [-0.2, -0.15) is 0 Å². The summed E-state index contributed by atoms with van der Waals surface area (Å²) < 4.78 is 5.35. The number of hydrogen-bond donors (Lipinski definition) is 2. The molecule has 19 heavy (non-hydrogen) atoms. The maximum atomic E-state index is 5.96. The van der Waals surface area contributed by atoms with Crippen LogP contribution in [0.25, 0.3) is 0 Å². The van der Waals surface area contributed by atoms with Gasteiger partial charge in [-0.1, -0.05) is 41.4 Å². The molecule has 5 heteroatoms. The van der Waals surface area contributed by atoms with Gasteiger partial charge in [0.2, 0.25) is 0 Å². The molecule has 2 rings (SSSR count). The van der Waals surface area contributed by atoms with E-state index in [1.807, 2.05) is 30.3 Å². The highest BCUT2D eigenvalue weighted by atomic mass is 35.5. The fourth-order valence-corrected chi connectivity index (χ4v) is 2.23. The highest BCUT2D eigenvalue weighted by Gasteiger charge is 2.17. The van der Waals surface area contributed by atoms with Crippen molar-refractivity contribution in [3.8, 4) is 5.75 Å². The highest BCUT2D eigenvalue weighted by Crippen LogP contribution is 2.32. The number of nitrogens with two attached hydrogens (primary N) is 1. The van der Waals surface area contributed by atoms with Crippen LogP contribution in [0.1, 0.15) is 17.2 Å². The first-order valence-electron chi connectivity index (χ1n) is 5.70. The Labute approximate surface area is 122 Å². The van der Waals surface area contributed by atoms with E-state index in [1.165, 1.54) is 0 Å². The van der Waals surface area contributed by atoms with Gasteiger partial charge in [-0.05, 0) is 29.8 Å². The van der Waals surface area contributed by atoms with Gasteiger partial charge in [-0.15, -0.1) is 0 Å². The summed E-state index contributed by atoms with van der Waals surface area (Å²) in [5.74, 6) is 6.35. The predicted molar refractivity (Wildman–Crippen MR) is 78.6 cm³/mol.